The standard InChI is InChI=1S/C38H36.2CH3.Hf/c1-5-26-14-8-10-18-32(26)34-20-12-16-28-22-30(24-36(28)34)38(4,7-3)31-23-29-17-13-21-35(37(29)25-31)33-19-11-9-15-27(33)6-2;;;/h8-25H,5-7H2,1-4H3;2*1H3;/q-2;2*-1;+4. The Bertz CT molecular complexity index is 1620. The summed E-state index contributed by atoms with van der Waals surface area (Å²) in [5, 5.41) is 5.38. The summed E-state index contributed by atoms with van der Waals surface area (Å²) in [4.78, 5) is 0. The monoisotopic (exact) mass is 702 g/mol. The molecule has 206 valence electrons. The van der Waals surface area contributed by atoms with Gasteiger partial charge in [-0.25, -0.2) is 0 Å². The fraction of sp³-hybridized carbons (Fsp3) is 0.200. The molecule has 0 nitrogen and oxygen atoms in total. The van der Waals surface area contributed by atoms with Crippen molar-refractivity contribution in [1.29, 1.82) is 0 Å². The van der Waals surface area contributed by atoms with Crippen LogP contribution in [0.4, 0.5) is 0 Å². The minimum Gasteiger partial charge on any atom is -0.358 e. The van der Waals surface area contributed by atoms with E-state index in [1.165, 1.54) is 66.1 Å². The van der Waals surface area contributed by atoms with Crippen molar-refractivity contribution >= 4 is 21.5 Å². The van der Waals surface area contributed by atoms with Gasteiger partial charge in [-0.1, -0.05) is 99.5 Å². The minimum atomic E-state index is -0.0683. The quantitative estimate of drug-likeness (QED) is 0.115. The molecule has 41 heavy (non-hydrogen) atoms. The Morgan fingerprint density at radius 2 is 0.927 bits per heavy atom. The Kier molecular flexibility index (Phi) is 10.5. The first kappa shape index (κ1) is 32.5. The van der Waals surface area contributed by atoms with Gasteiger partial charge >= 0.3 is 25.8 Å². The van der Waals surface area contributed by atoms with Crippen LogP contribution in [0.15, 0.2) is 109 Å². The molecule has 1 heteroatoms. The number of hydrogen-bond donors (Lipinski definition) is 0. The van der Waals surface area contributed by atoms with Gasteiger partial charge in [-0.15, -0.1) is 69.1 Å². The van der Waals surface area contributed by atoms with E-state index in [1.54, 1.807) is 0 Å². The maximum atomic E-state index is 2.46. The molecule has 0 heterocycles. The fourth-order valence-corrected chi connectivity index (χ4v) is 6.33. The van der Waals surface area contributed by atoms with Gasteiger partial charge in [0.1, 0.15) is 0 Å². The van der Waals surface area contributed by atoms with Crippen molar-refractivity contribution in [3.63, 3.8) is 0 Å². The second-order valence-corrected chi connectivity index (χ2v) is 10.8. The molecule has 6 aromatic carbocycles. The number of benzene rings is 4. The molecule has 0 N–H and O–H groups in total. The Labute approximate surface area is 267 Å². The summed E-state index contributed by atoms with van der Waals surface area (Å²) < 4.78 is 0. The van der Waals surface area contributed by atoms with Gasteiger partial charge in [0.25, 0.3) is 0 Å². The molecule has 0 unspecified atom stereocenters. The molecule has 0 atom stereocenters. The minimum absolute atomic E-state index is 0. The van der Waals surface area contributed by atoms with Gasteiger partial charge in [0.2, 0.25) is 0 Å². The van der Waals surface area contributed by atoms with Crippen LogP contribution >= 0.6 is 0 Å². The molecule has 0 aliphatic carbocycles. The van der Waals surface area contributed by atoms with E-state index in [0.29, 0.717) is 0 Å². The predicted octanol–water partition coefficient (Wildman–Crippen LogP) is 11.5. The van der Waals surface area contributed by atoms with E-state index in [2.05, 4.69) is 137 Å². The summed E-state index contributed by atoms with van der Waals surface area (Å²) in [6, 6.07) is 41.1. The van der Waals surface area contributed by atoms with Crippen molar-refractivity contribution in [3.8, 4) is 22.3 Å². The third-order valence-corrected chi connectivity index (χ3v) is 8.86. The number of fused-ring (bicyclic) bond motifs is 2. The van der Waals surface area contributed by atoms with Crippen molar-refractivity contribution in [2.75, 3.05) is 0 Å². The molecule has 0 spiro atoms. The van der Waals surface area contributed by atoms with Crippen LogP contribution in [0, 0.1) is 14.9 Å². The van der Waals surface area contributed by atoms with E-state index in [1.807, 2.05) is 0 Å². The summed E-state index contributed by atoms with van der Waals surface area (Å²) >= 11 is 0. The maximum absolute atomic E-state index is 2.46. The maximum Gasteiger partial charge on any atom is 4.00 e. The second-order valence-electron chi connectivity index (χ2n) is 10.8. The van der Waals surface area contributed by atoms with Crippen molar-refractivity contribution < 1.29 is 25.8 Å². The van der Waals surface area contributed by atoms with Crippen molar-refractivity contribution in [2.45, 2.75) is 52.4 Å². The molecule has 0 saturated carbocycles. The van der Waals surface area contributed by atoms with Crippen molar-refractivity contribution in [1.82, 2.24) is 0 Å². The molecule has 0 aromatic heterocycles. The first-order valence-electron chi connectivity index (χ1n) is 14.1. The molecule has 0 aliphatic rings. The van der Waals surface area contributed by atoms with E-state index in [0.717, 1.165) is 19.3 Å². The second kappa shape index (κ2) is 13.3. The van der Waals surface area contributed by atoms with E-state index < -0.39 is 0 Å². The number of rotatable bonds is 7. The molecule has 0 saturated heterocycles. The van der Waals surface area contributed by atoms with Gasteiger partial charge < -0.3 is 14.9 Å². The molecule has 0 fully saturated rings. The molecule has 0 radical (unpaired) electrons. The van der Waals surface area contributed by atoms with Gasteiger partial charge in [0, 0.05) is 0 Å². The largest absolute Gasteiger partial charge is 4.00 e. The molecule has 0 aliphatic heterocycles. The average Bonchev–Trinajstić information content (AvgIpc) is 3.62. The predicted molar refractivity (Wildman–Crippen MR) is 178 cm³/mol. The van der Waals surface area contributed by atoms with Gasteiger partial charge in [-0.3, -0.25) is 0 Å². The van der Waals surface area contributed by atoms with E-state index >= 15 is 0 Å². The van der Waals surface area contributed by atoms with Crippen LogP contribution < -0.4 is 0 Å². The molecular formula is C40H42Hf. The fourth-order valence-electron chi connectivity index (χ4n) is 6.33. The van der Waals surface area contributed by atoms with E-state index in [-0.39, 0.29) is 46.1 Å². The van der Waals surface area contributed by atoms with Gasteiger partial charge in [0.05, 0.1) is 0 Å². The van der Waals surface area contributed by atoms with Crippen LogP contribution in [0.3, 0.4) is 0 Å². The Morgan fingerprint density at radius 1 is 0.537 bits per heavy atom. The summed E-state index contributed by atoms with van der Waals surface area (Å²) in [6.07, 6.45) is 3.12. The van der Waals surface area contributed by atoms with Gasteiger partial charge in [-0.2, -0.15) is 12.1 Å². The van der Waals surface area contributed by atoms with Crippen LogP contribution in [0.1, 0.15) is 56.4 Å². The molecule has 6 rings (SSSR count). The van der Waals surface area contributed by atoms with Gasteiger partial charge in [0.15, 0.2) is 0 Å². The van der Waals surface area contributed by atoms with Crippen molar-refractivity contribution in [2.24, 2.45) is 0 Å². The van der Waals surface area contributed by atoms with Gasteiger partial charge in [-0.05, 0) is 46.9 Å². The van der Waals surface area contributed by atoms with Crippen LogP contribution in [-0.2, 0) is 44.1 Å². The van der Waals surface area contributed by atoms with Crippen LogP contribution in [0.25, 0.3) is 43.8 Å². The zero-order valence-corrected chi connectivity index (χ0v) is 29.1. The Morgan fingerprint density at radius 3 is 1.32 bits per heavy atom. The average molecular weight is 701 g/mol. The normalized spacial score (nSPS) is 11.1. The van der Waals surface area contributed by atoms with E-state index in [9.17, 15) is 0 Å². The third kappa shape index (κ3) is 5.59. The zero-order valence-electron chi connectivity index (χ0n) is 25.5. The summed E-state index contributed by atoms with van der Waals surface area (Å²) in [5.74, 6) is 0. The number of aryl methyl sites for hydroxylation is 2. The zero-order chi connectivity index (χ0) is 26.3. The molecular weight excluding hydrogens is 659 g/mol. The SMILES string of the molecule is CCc1ccccc1-c1cccc2[cH-]c(C(C)(CC)c3cc4c(-c5ccccc5CC)cccc4[cH-]3)cc12.[CH3-].[CH3-].[Hf+4]. The van der Waals surface area contributed by atoms with E-state index in [4.69, 9.17) is 0 Å². The Balaban J connectivity index is 0.00000154. The molecule has 0 amide bonds. The van der Waals surface area contributed by atoms with Crippen molar-refractivity contribution in [3.05, 3.63) is 146 Å². The number of hydrogen-bond acceptors (Lipinski definition) is 0. The topological polar surface area (TPSA) is 0 Å². The van der Waals surface area contributed by atoms with Crippen LogP contribution in [-0.4, -0.2) is 0 Å². The third-order valence-electron chi connectivity index (χ3n) is 8.86. The van der Waals surface area contributed by atoms with Crippen LogP contribution in [0.2, 0.25) is 0 Å². The summed E-state index contributed by atoms with van der Waals surface area (Å²) in [5.41, 5.74) is 11.0. The smallest absolute Gasteiger partial charge is 0.358 e. The van der Waals surface area contributed by atoms with Crippen LogP contribution in [0.5, 0.6) is 0 Å². The Hall–Kier alpha value is -3.03. The first-order chi connectivity index (χ1) is 18.6. The first-order valence-corrected chi connectivity index (χ1v) is 14.1. The molecule has 6 aromatic rings. The summed E-state index contributed by atoms with van der Waals surface area (Å²) in [7, 11) is 0. The molecule has 0 bridgehead atoms. The summed E-state index contributed by atoms with van der Waals surface area (Å²) in [6.45, 7) is 9.25.